The van der Waals surface area contributed by atoms with Crippen molar-refractivity contribution >= 4 is 43.5 Å². The topological polar surface area (TPSA) is 22.1 Å². The molecule has 0 fully saturated rings. The monoisotopic (exact) mass is 389 g/mol. The molecule has 0 radical (unpaired) electrons. The van der Waals surface area contributed by atoms with E-state index in [1.54, 1.807) is 6.20 Å². The van der Waals surface area contributed by atoms with Crippen molar-refractivity contribution in [2.24, 2.45) is 0 Å². The fourth-order valence-electron chi connectivity index (χ4n) is 1.38. The molecule has 0 saturated heterocycles. The van der Waals surface area contributed by atoms with Crippen molar-refractivity contribution in [2.45, 2.75) is 11.9 Å². The van der Waals surface area contributed by atoms with Crippen LogP contribution in [0.2, 0.25) is 5.02 Å². The largest absolute Gasteiger partial charge is 0.487 e. The van der Waals surface area contributed by atoms with Gasteiger partial charge in [-0.25, -0.2) is 0 Å². The van der Waals surface area contributed by atoms with E-state index in [1.807, 2.05) is 30.3 Å². The predicted octanol–water partition coefficient (Wildman–Crippen LogP) is 4.97. The number of halogens is 3. The second-order valence-electron chi connectivity index (χ2n) is 3.64. The highest BCUT2D eigenvalue weighted by Crippen LogP contribution is 2.22. The van der Waals surface area contributed by atoms with Crippen molar-refractivity contribution < 1.29 is 4.74 Å². The molecule has 0 N–H and O–H groups in total. The third kappa shape index (κ3) is 3.70. The number of aromatic nitrogens is 1. The molecule has 2 aromatic rings. The van der Waals surface area contributed by atoms with Crippen LogP contribution >= 0.6 is 43.5 Å². The molecular weight excluding hydrogens is 381 g/mol. The Morgan fingerprint density at radius 3 is 2.67 bits per heavy atom. The van der Waals surface area contributed by atoms with Crippen molar-refractivity contribution in [3.63, 3.8) is 0 Å². The molecule has 5 heteroatoms. The van der Waals surface area contributed by atoms with Gasteiger partial charge in [-0.3, -0.25) is 4.98 Å². The maximum absolute atomic E-state index is 6.11. The first-order chi connectivity index (χ1) is 8.69. The third-order valence-electron chi connectivity index (χ3n) is 2.34. The molecule has 2 nitrogen and oxygen atoms in total. The summed E-state index contributed by atoms with van der Waals surface area (Å²) in [5, 5.41) is 1.43. The van der Waals surface area contributed by atoms with Crippen LogP contribution in [0.25, 0.3) is 0 Å². The van der Waals surface area contributed by atoms with Crippen LogP contribution in [0, 0.1) is 0 Å². The lowest BCUT2D eigenvalue weighted by atomic mass is 10.2. The summed E-state index contributed by atoms with van der Waals surface area (Å²) < 4.78 is 6.59. The quantitative estimate of drug-likeness (QED) is 0.687. The molecule has 0 aliphatic carbocycles. The van der Waals surface area contributed by atoms with Crippen LogP contribution in [0.5, 0.6) is 5.75 Å². The van der Waals surface area contributed by atoms with E-state index in [0.29, 0.717) is 11.6 Å². The molecule has 1 heterocycles. The number of hydrogen-bond donors (Lipinski definition) is 0. The van der Waals surface area contributed by atoms with Crippen LogP contribution in [0.1, 0.15) is 11.3 Å². The van der Waals surface area contributed by atoms with Gasteiger partial charge in [-0.2, -0.15) is 0 Å². The second-order valence-corrected chi connectivity index (χ2v) is 5.53. The van der Waals surface area contributed by atoms with Gasteiger partial charge in [0.2, 0.25) is 0 Å². The van der Waals surface area contributed by atoms with E-state index in [9.17, 15) is 0 Å². The summed E-state index contributed by atoms with van der Waals surface area (Å²) in [6, 6.07) is 9.56. The Balaban J connectivity index is 2.02. The van der Waals surface area contributed by atoms with E-state index in [-0.39, 0.29) is 0 Å². The predicted molar refractivity (Wildman–Crippen MR) is 80.4 cm³/mol. The first kappa shape index (κ1) is 13.8. The normalized spacial score (nSPS) is 10.4. The molecular formula is C13H10Br2ClNO. The zero-order chi connectivity index (χ0) is 13.0. The molecule has 94 valence electrons. The number of alkyl halides is 1. The third-order valence-corrected chi connectivity index (χ3v) is 3.76. The molecule has 0 aliphatic rings. The molecule has 0 bridgehead atoms. The minimum atomic E-state index is 0.432. The van der Waals surface area contributed by atoms with Crippen LogP contribution in [0.3, 0.4) is 0 Å². The zero-order valence-corrected chi connectivity index (χ0v) is 13.3. The van der Waals surface area contributed by atoms with Gasteiger partial charge in [0, 0.05) is 20.4 Å². The van der Waals surface area contributed by atoms with E-state index in [2.05, 4.69) is 36.8 Å². The summed E-state index contributed by atoms with van der Waals surface area (Å²) in [5.74, 6) is 0.735. The SMILES string of the molecule is Clc1cc(Br)ccc1COc1ccc(CBr)nc1. The minimum absolute atomic E-state index is 0.432. The molecule has 18 heavy (non-hydrogen) atoms. The Labute approximate surface area is 128 Å². The van der Waals surface area contributed by atoms with E-state index >= 15 is 0 Å². The number of rotatable bonds is 4. The lowest BCUT2D eigenvalue weighted by Gasteiger charge is -2.08. The molecule has 1 aromatic heterocycles. The van der Waals surface area contributed by atoms with Crippen molar-refractivity contribution in [1.82, 2.24) is 4.98 Å². The van der Waals surface area contributed by atoms with E-state index in [0.717, 1.165) is 26.8 Å². The summed E-state index contributed by atoms with van der Waals surface area (Å²) in [6.07, 6.45) is 1.71. The highest BCUT2D eigenvalue weighted by molar-refractivity contribution is 9.10. The number of pyridine rings is 1. The number of benzene rings is 1. The highest BCUT2D eigenvalue weighted by atomic mass is 79.9. The molecule has 0 amide bonds. The van der Waals surface area contributed by atoms with Gasteiger partial charge in [0.25, 0.3) is 0 Å². The molecule has 1 aromatic carbocycles. The molecule has 0 atom stereocenters. The molecule has 0 saturated carbocycles. The zero-order valence-electron chi connectivity index (χ0n) is 9.37. The van der Waals surface area contributed by atoms with Crippen molar-refractivity contribution in [2.75, 3.05) is 0 Å². The molecule has 0 spiro atoms. The van der Waals surface area contributed by atoms with Gasteiger partial charge >= 0.3 is 0 Å². The van der Waals surface area contributed by atoms with Crippen LogP contribution in [-0.2, 0) is 11.9 Å². The Morgan fingerprint density at radius 1 is 1.22 bits per heavy atom. The average molecular weight is 391 g/mol. The molecule has 2 rings (SSSR count). The maximum Gasteiger partial charge on any atom is 0.138 e. The van der Waals surface area contributed by atoms with Gasteiger partial charge in [-0.05, 0) is 24.3 Å². The van der Waals surface area contributed by atoms with E-state index in [1.165, 1.54) is 0 Å². The van der Waals surface area contributed by atoms with Crippen LogP contribution in [0.4, 0.5) is 0 Å². The van der Waals surface area contributed by atoms with Gasteiger partial charge in [0.05, 0.1) is 11.9 Å². The first-order valence-electron chi connectivity index (χ1n) is 5.26. The smallest absolute Gasteiger partial charge is 0.138 e. The molecule has 0 unspecified atom stereocenters. The number of nitrogens with zero attached hydrogens (tertiary/aromatic N) is 1. The fraction of sp³-hybridized carbons (Fsp3) is 0.154. The number of hydrogen-bond acceptors (Lipinski definition) is 2. The summed E-state index contributed by atoms with van der Waals surface area (Å²) in [5.41, 5.74) is 1.92. The first-order valence-corrected chi connectivity index (χ1v) is 7.56. The lowest BCUT2D eigenvalue weighted by Crippen LogP contribution is -1.97. The summed E-state index contributed by atoms with van der Waals surface area (Å²) in [7, 11) is 0. The maximum atomic E-state index is 6.11. The van der Waals surface area contributed by atoms with Gasteiger partial charge in [0.1, 0.15) is 12.4 Å². The summed E-state index contributed by atoms with van der Waals surface area (Å²) in [6.45, 7) is 0.432. The minimum Gasteiger partial charge on any atom is -0.487 e. The lowest BCUT2D eigenvalue weighted by molar-refractivity contribution is 0.305. The Morgan fingerprint density at radius 2 is 2.06 bits per heavy atom. The average Bonchev–Trinajstić information content (AvgIpc) is 2.38. The Bertz CT molecular complexity index is 531. The highest BCUT2D eigenvalue weighted by Gasteiger charge is 2.02. The van der Waals surface area contributed by atoms with E-state index < -0.39 is 0 Å². The Hall–Kier alpha value is -0.580. The summed E-state index contributed by atoms with van der Waals surface area (Å²) >= 11 is 12.8. The van der Waals surface area contributed by atoms with Crippen LogP contribution in [0.15, 0.2) is 41.0 Å². The van der Waals surface area contributed by atoms with Crippen molar-refractivity contribution in [3.8, 4) is 5.75 Å². The summed E-state index contributed by atoms with van der Waals surface area (Å²) in [4.78, 5) is 4.23. The second kappa shape index (κ2) is 6.55. The van der Waals surface area contributed by atoms with Crippen LogP contribution in [-0.4, -0.2) is 4.98 Å². The molecule has 0 aliphatic heterocycles. The van der Waals surface area contributed by atoms with E-state index in [4.69, 9.17) is 16.3 Å². The van der Waals surface area contributed by atoms with Gasteiger partial charge in [-0.1, -0.05) is 49.5 Å². The van der Waals surface area contributed by atoms with Gasteiger partial charge in [-0.15, -0.1) is 0 Å². The van der Waals surface area contributed by atoms with Crippen LogP contribution < -0.4 is 4.74 Å². The Kier molecular flexibility index (Phi) is 5.03. The number of ether oxygens (including phenoxy) is 1. The van der Waals surface area contributed by atoms with Crippen molar-refractivity contribution in [3.05, 3.63) is 57.3 Å². The fourth-order valence-corrected chi connectivity index (χ4v) is 2.43. The van der Waals surface area contributed by atoms with Gasteiger partial charge in [0.15, 0.2) is 0 Å². The van der Waals surface area contributed by atoms with Gasteiger partial charge < -0.3 is 4.74 Å². The standard InChI is InChI=1S/C13H10Br2ClNO/c14-6-11-3-4-12(7-17-11)18-8-9-1-2-10(15)5-13(9)16/h1-5,7H,6,8H2. The van der Waals surface area contributed by atoms with Crippen molar-refractivity contribution in [1.29, 1.82) is 0 Å².